The van der Waals surface area contributed by atoms with Gasteiger partial charge in [-0.3, -0.25) is 15.2 Å². The Balaban J connectivity index is 2.20. The van der Waals surface area contributed by atoms with Gasteiger partial charge in [0.05, 0.1) is 12.7 Å². The number of hydrazine groups is 2. The Labute approximate surface area is 114 Å². The lowest BCUT2D eigenvalue weighted by Gasteiger charge is -2.28. The molecule has 0 unspecified atom stereocenters. The van der Waals surface area contributed by atoms with Crippen LogP contribution >= 0.6 is 0 Å². The second-order valence-electron chi connectivity index (χ2n) is 4.27. The monoisotopic (exact) mass is 288 g/mol. The molecule has 0 saturated carbocycles. The van der Waals surface area contributed by atoms with Crippen molar-refractivity contribution in [1.82, 2.24) is 15.5 Å². The second kappa shape index (κ2) is 6.03. The van der Waals surface area contributed by atoms with Gasteiger partial charge in [-0.15, -0.1) is 5.53 Å². The largest absolute Gasteiger partial charge is 0.382 e. The normalized spacial score (nSPS) is 16.6. The zero-order valence-electron chi connectivity index (χ0n) is 11.1. The summed E-state index contributed by atoms with van der Waals surface area (Å²) in [5.41, 5.74) is 10.4. The zero-order valence-corrected chi connectivity index (χ0v) is 11.1. The highest BCUT2D eigenvalue weighted by Crippen LogP contribution is 2.25. The number of ether oxygens (including phenoxy) is 2. The Morgan fingerprint density at radius 2 is 2.30 bits per heavy atom. The third-order valence-corrected chi connectivity index (χ3v) is 2.66. The number of aromatic nitrogens is 2. The van der Waals surface area contributed by atoms with E-state index in [1.54, 1.807) is 6.92 Å². The number of nitrogens with zero attached hydrogens (tertiary/aromatic N) is 2. The van der Waals surface area contributed by atoms with Gasteiger partial charge in [0.1, 0.15) is 6.67 Å². The molecule has 0 aliphatic carbocycles. The third kappa shape index (κ3) is 2.81. The molecule has 0 radical (unpaired) electrons. The maximum Gasteiger partial charge on any atom is 0.279 e. The smallest absolute Gasteiger partial charge is 0.279 e. The highest BCUT2D eigenvalue weighted by molar-refractivity contribution is 5.69. The number of aromatic amines is 1. The molecule has 1 aliphatic heterocycles. The van der Waals surface area contributed by atoms with Crippen LogP contribution in [0.1, 0.15) is 6.92 Å². The number of hydrogen-bond acceptors (Lipinski definition) is 8. The number of anilines is 3. The van der Waals surface area contributed by atoms with Crippen molar-refractivity contribution < 1.29 is 13.9 Å². The topological polar surface area (TPSA) is 118 Å². The van der Waals surface area contributed by atoms with E-state index in [4.69, 9.17) is 15.2 Å². The summed E-state index contributed by atoms with van der Waals surface area (Å²) in [5, 5.41) is 1.27. The molecule has 5 N–H and O–H groups in total. The summed E-state index contributed by atoms with van der Waals surface area (Å²) in [5.74, 6) is 0.116. The maximum atomic E-state index is 13.2. The van der Waals surface area contributed by atoms with E-state index in [-0.39, 0.29) is 23.6 Å². The van der Waals surface area contributed by atoms with Crippen molar-refractivity contribution in [2.24, 2.45) is 0 Å². The fraction of sp³-hybridized carbons (Fsp3) is 0.600. The molecule has 1 aromatic heterocycles. The van der Waals surface area contributed by atoms with Crippen molar-refractivity contribution >= 4 is 17.5 Å². The molecule has 1 aromatic rings. The van der Waals surface area contributed by atoms with Gasteiger partial charge in [-0.1, -0.05) is 0 Å². The number of alkyl halides is 1. The number of nitrogens with one attached hydrogen (secondary N) is 3. The summed E-state index contributed by atoms with van der Waals surface area (Å²) in [6.45, 7) is 1.25. The van der Waals surface area contributed by atoms with E-state index in [9.17, 15) is 9.18 Å². The summed E-state index contributed by atoms with van der Waals surface area (Å²) in [6, 6.07) is 0. The zero-order chi connectivity index (χ0) is 14.7. The van der Waals surface area contributed by atoms with Gasteiger partial charge in [-0.25, -0.2) is 9.40 Å². The van der Waals surface area contributed by atoms with E-state index in [1.807, 2.05) is 0 Å². The highest BCUT2D eigenvalue weighted by Gasteiger charge is 2.31. The van der Waals surface area contributed by atoms with E-state index < -0.39 is 18.5 Å². The van der Waals surface area contributed by atoms with Crippen LogP contribution in [-0.4, -0.2) is 42.7 Å². The summed E-state index contributed by atoms with van der Waals surface area (Å²) in [7, 11) is 1.52. The van der Waals surface area contributed by atoms with Crippen LogP contribution in [0.4, 0.5) is 21.8 Å². The van der Waals surface area contributed by atoms with Gasteiger partial charge in [0, 0.05) is 7.11 Å². The van der Waals surface area contributed by atoms with Crippen LogP contribution in [0.3, 0.4) is 0 Å². The first-order valence-corrected chi connectivity index (χ1v) is 5.97. The molecule has 0 aromatic carbocycles. The minimum Gasteiger partial charge on any atom is -0.382 e. The van der Waals surface area contributed by atoms with Gasteiger partial charge in [0.25, 0.3) is 5.56 Å². The van der Waals surface area contributed by atoms with Gasteiger partial charge in [0.15, 0.2) is 17.7 Å². The molecule has 2 rings (SSSR count). The average Bonchev–Trinajstić information content (AvgIpc) is 2.80. The molecule has 0 bridgehead atoms. The van der Waals surface area contributed by atoms with Gasteiger partial charge in [0.2, 0.25) is 5.95 Å². The lowest BCUT2D eigenvalue weighted by Crippen LogP contribution is -2.48. The predicted octanol–water partition coefficient (Wildman–Crippen LogP) is -0.649. The summed E-state index contributed by atoms with van der Waals surface area (Å²) in [4.78, 5) is 18.0. The van der Waals surface area contributed by atoms with Crippen LogP contribution in [-0.2, 0) is 9.47 Å². The van der Waals surface area contributed by atoms with Crippen molar-refractivity contribution in [2.45, 2.75) is 19.3 Å². The molecule has 0 fully saturated rings. The Kier molecular flexibility index (Phi) is 4.37. The van der Waals surface area contributed by atoms with Crippen LogP contribution < -0.4 is 27.3 Å². The lowest BCUT2D eigenvalue weighted by molar-refractivity contribution is -0.0505. The van der Waals surface area contributed by atoms with Gasteiger partial charge in [-0.2, -0.15) is 4.98 Å². The molecular formula is C10H17FN6O3. The molecule has 20 heavy (non-hydrogen) atoms. The Hall–Kier alpha value is -1.91. The van der Waals surface area contributed by atoms with Gasteiger partial charge >= 0.3 is 0 Å². The number of hydrogen-bond donors (Lipinski definition) is 4. The average molecular weight is 288 g/mol. The quantitative estimate of drug-likeness (QED) is 0.545. The third-order valence-electron chi connectivity index (χ3n) is 2.66. The first-order chi connectivity index (χ1) is 9.56. The second-order valence-corrected chi connectivity index (χ2v) is 4.27. The molecule has 112 valence electrons. The summed E-state index contributed by atoms with van der Waals surface area (Å²) < 4.78 is 23.6. The number of rotatable bonds is 6. The van der Waals surface area contributed by atoms with Gasteiger partial charge in [-0.05, 0) is 6.92 Å². The molecule has 0 spiro atoms. The van der Waals surface area contributed by atoms with Crippen molar-refractivity contribution in [2.75, 3.05) is 36.6 Å². The maximum absolute atomic E-state index is 13.2. The standard InChI is InChI=1S/C10H17FN6O3/c1-5(4-19-2)20-6(3-11)17-8-7(15-16-17)9(18)14-10(12)13-8/h5-6,15-16H,3-4H2,1-2H3,(H3,12,13,14,18)/t5-,6+/m0/s1. The Bertz CT molecular complexity index is 524. The number of methoxy groups -OCH3 is 1. The minimum absolute atomic E-state index is 0.0631. The molecule has 0 amide bonds. The molecule has 0 saturated heterocycles. The first kappa shape index (κ1) is 14.5. The van der Waals surface area contributed by atoms with Gasteiger partial charge < -0.3 is 15.2 Å². The predicted molar refractivity (Wildman–Crippen MR) is 70.7 cm³/mol. The van der Waals surface area contributed by atoms with Crippen molar-refractivity contribution in [1.29, 1.82) is 0 Å². The summed E-state index contributed by atoms with van der Waals surface area (Å²) in [6.07, 6.45) is -1.30. The van der Waals surface area contributed by atoms with E-state index in [0.717, 1.165) is 0 Å². The van der Waals surface area contributed by atoms with E-state index >= 15 is 0 Å². The van der Waals surface area contributed by atoms with Crippen LogP contribution in [0.25, 0.3) is 0 Å². The number of H-pyrrole nitrogens is 1. The van der Waals surface area contributed by atoms with Crippen LogP contribution in [0, 0.1) is 0 Å². The van der Waals surface area contributed by atoms with Crippen LogP contribution in [0.15, 0.2) is 4.79 Å². The molecule has 2 atom stereocenters. The van der Waals surface area contributed by atoms with Crippen molar-refractivity contribution in [3.63, 3.8) is 0 Å². The molecule has 9 nitrogen and oxygen atoms in total. The SMILES string of the molecule is COC[C@H](C)O[C@H](CF)N1NNc2c1nc(N)[nH]c2=O. The lowest BCUT2D eigenvalue weighted by atomic mass is 10.4. The van der Waals surface area contributed by atoms with E-state index in [1.165, 1.54) is 12.1 Å². The van der Waals surface area contributed by atoms with E-state index in [2.05, 4.69) is 20.9 Å². The van der Waals surface area contributed by atoms with Crippen molar-refractivity contribution in [3.05, 3.63) is 10.4 Å². The van der Waals surface area contributed by atoms with Crippen LogP contribution in [0.2, 0.25) is 0 Å². The molecule has 2 heterocycles. The summed E-state index contributed by atoms with van der Waals surface area (Å²) >= 11 is 0. The molecule has 1 aliphatic rings. The molecular weight excluding hydrogens is 271 g/mol. The van der Waals surface area contributed by atoms with Crippen molar-refractivity contribution in [3.8, 4) is 0 Å². The first-order valence-electron chi connectivity index (χ1n) is 5.97. The van der Waals surface area contributed by atoms with Crippen LogP contribution in [0.5, 0.6) is 0 Å². The minimum atomic E-state index is -0.970. The fourth-order valence-electron chi connectivity index (χ4n) is 1.85. The molecule has 10 heteroatoms. The number of fused-ring (bicyclic) bond motifs is 1. The number of halogens is 1. The Morgan fingerprint density at radius 1 is 1.55 bits per heavy atom. The highest BCUT2D eigenvalue weighted by atomic mass is 19.1. The fourth-order valence-corrected chi connectivity index (χ4v) is 1.85. The number of nitrogen functional groups attached to an aromatic ring is 1. The Morgan fingerprint density at radius 3 is 2.95 bits per heavy atom. The number of nitrogens with two attached hydrogens (primary N) is 1. The van der Waals surface area contributed by atoms with E-state index in [0.29, 0.717) is 6.61 Å².